The number of aliphatic hydroxyl groups excluding tert-OH is 1. The van der Waals surface area contributed by atoms with Crippen LogP contribution in [-0.2, 0) is 12.8 Å². The fourth-order valence-electron chi connectivity index (χ4n) is 2.65. The standard InChI is InChI=1S/C18H19NOS/c20-12-10-18-16(15-8-4-5-9-17(15)19-18)11-13-21-14-6-2-1-3-7-14/h1-9,19-20H,10-13H2. The second kappa shape index (κ2) is 6.83. The largest absolute Gasteiger partial charge is 0.396 e. The molecule has 108 valence electrons. The first kappa shape index (κ1) is 14.2. The maximum absolute atomic E-state index is 9.25. The topological polar surface area (TPSA) is 36.0 Å². The van der Waals surface area contributed by atoms with Gasteiger partial charge in [-0.3, -0.25) is 0 Å². The number of aliphatic hydroxyl groups is 1. The summed E-state index contributed by atoms with van der Waals surface area (Å²) in [6, 6.07) is 18.9. The maximum atomic E-state index is 9.25. The molecule has 21 heavy (non-hydrogen) atoms. The lowest BCUT2D eigenvalue weighted by Gasteiger charge is -2.04. The fourth-order valence-corrected chi connectivity index (χ4v) is 3.55. The van der Waals surface area contributed by atoms with Gasteiger partial charge in [0.1, 0.15) is 0 Å². The molecule has 0 radical (unpaired) electrons. The van der Waals surface area contributed by atoms with Crippen molar-refractivity contribution in [1.29, 1.82) is 0 Å². The first-order valence-electron chi connectivity index (χ1n) is 7.25. The van der Waals surface area contributed by atoms with Crippen molar-refractivity contribution in [1.82, 2.24) is 4.98 Å². The molecule has 0 aliphatic heterocycles. The van der Waals surface area contributed by atoms with E-state index in [0.717, 1.165) is 12.2 Å². The summed E-state index contributed by atoms with van der Waals surface area (Å²) in [6.07, 6.45) is 1.71. The fraction of sp³-hybridized carbons (Fsp3) is 0.222. The molecule has 0 saturated heterocycles. The lowest BCUT2D eigenvalue weighted by atomic mass is 10.1. The van der Waals surface area contributed by atoms with Gasteiger partial charge in [0, 0.05) is 40.3 Å². The van der Waals surface area contributed by atoms with Crippen LogP contribution in [0.1, 0.15) is 11.3 Å². The monoisotopic (exact) mass is 297 g/mol. The Bertz CT molecular complexity index is 706. The summed E-state index contributed by atoms with van der Waals surface area (Å²) in [5, 5.41) is 10.5. The molecule has 0 amide bonds. The second-order valence-electron chi connectivity index (χ2n) is 5.01. The highest BCUT2D eigenvalue weighted by Gasteiger charge is 2.10. The number of aromatic amines is 1. The molecule has 0 spiro atoms. The summed E-state index contributed by atoms with van der Waals surface area (Å²) in [5.41, 5.74) is 3.69. The third-order valence-electron chi connectivity index (χ3n) is 3.63. The van der Waals surface area contributed by atoms with Crippen molar-refractivity contribution >= 4 is 22.7 Å². The van der Waals surface area contributed by atoms with Crippen LogP contribution in [0.2, 0.25) is 0 Å². The summed E-state index contributed by atoms with van der Waals surface area (Å²) >= 11 is 1.88. The molecule has 3 heteroatoms. The van der Waals surface area contributed by atoms with Gasteiger partial charge >= 0.3 is 0 Å². The Hall–Kier alpha value is -1.71. The Morgan fingerprint density at radius 3 is 2.48 bits per heavy atom. The van der Waals surface area contributed by atoms with Crippen molar-refractivity contribution in [2.75, 3.05) is 12.4 Å². The summed E-state index contributed by atoms with van der Waals surface area (Å²) in [7, 11) is 0. The van der Waals surface area contributed by atoms with Crippen LogP contribution in [0.4, 0.5) is 0 Å². The van der Waals surface area contributed by atoms with Gasteiger partial charge in [-0.05, 0) is 30.2 Å². The van der Waals surface area contributed by atoms with Crippen LogP contribution in [0.25, 0.3) is 10.9 Å². The Kier molecular flexibility index (Phi) is 4.63. The van der Waals surface area contributed by atoms with E-state index in [4.69, 9.17) is 0 Å². The molecule has 0 bridgehead atoms. The van der Waals surface area contributed by atoms with E-state index in [1.54, 1.807) is 0 Å². The molecule has 0 aliphatic rings. The van der Waals surface area contributed by atoms with Crippen LogP contribution in [0.3, 0.4) is 0 Å². The average Bonchev–Trinajstić information content (AvgIpc) is 2.87. The van der Waals surface area contributed by atoms with Gasteiger partial charge < -0.3 is 10.1 Å². The van der Waals surface area contributed by atoms with Crippen LogP contribution in [0.15, 0.2) is 59.5 Å². The molecular formula is C18H19NOS. The van der Waals surface area contributed by atoms with Crippen molar-refractivity contribution in [3.63, 3.8) is 0 Å². The van der Waals surface area contributed by atoms with Crippen LogP contribution in [-0.4, -0.2) is 22.5 Å². The van der Waals surface area contributed by atoms with Crippen molar-refractivity contribution < 1.29 is 5.11 Å². The molecule has 3 aromatic rings. The Balaban J connectivity index is 1.77. The van der Waals surface area contributed by atoms with E-state index >= 15 is 0 Å². The van der Waals surface area contributed by atoms with Gasteiger partial charge in [-0.25, -0.2) is 0 Å². The molecular weight excluding hydrogens is 278 g/mol. The number of aromatic nitrogens is 1. The van der Waals surface area contributed by atoms with Crippen LogP contribution in [0.5, 0.6) is 0 Å². The van der Waals surface area contributed by atoms with Crippen molar-refractivity contribution in [3.05, 3.63) is 65.9 Å². The Labute approximate surface area is 129 Å². The van der Waals surface area contributed by atoms with Gasteiger partial charge in [-0.2, -0.15) is 0 Å². The van der Waals surface area contributed by atoms with E-state index < -0.39 is 0 Å². The van der Waals surface area contributed by atoms with Gasteiger partial charge in [-0.15, -0.1) is 11.8 Å². The molecule has 3 rings (SSSR count). The number of benzene rings is 2. The van der Waals surface area contributed by atoms with Gasteiger partial charge in [-0.1, -0.05) is 36.4 Å². The van der Waals surface area contributed by atoms with Crippen LogP contribution in [0, 0.1) is 0 Å². The SMILES string of the molecule is OCCc1[nH]c2ccccc2c1CCSc1ccccc1. The zero-order chi connectivity index (χ0) is 14.5. The number of rotatable bonds is 6. The third-order valence-corrected chi connectivity index (χ3v) is 4.64. The summed E-state index contributed by atoms with van der Waals surface area (Å²) < 4.78 is 0. The van der Waals surface area contributed by atoms with Crippen molar-refractivity contribution in [3.8, 4) is 0 Å². The van der Waals surface area contributed by atoms with E-state index in [-0.39, 0.29) is 6.61 Å². The minimum Gasteiger partial charge on any atom is -0.396 e. The summed E-state index contributed by atoms with van der Waals surface area (Å²) in [5.74, 6) is 1.05. The number of hydrogen-bond donors (Lipinski definition) is 2. The zero-order valence-corrected chi connectivity index (χ0v) is 12.7. The summed E-state index contributed by atoms with van der Waals surface area (Å²) in [4.78, 5) is 4.75. The van der Waals surface area contributed by atoms with Crippen LogP contribution >= 0.6 is 11.8 Å². The minimum absolute atomic E-state index is 0.186. The van der Waals surface area contributed by atoms with Gasteiger partial charge in [0.25, 0.3) is 0 Å². The minimum atomic E-state index is 0.186. The lowest BCUT2D eigenvalue weighted by Crippen LogP contribution is -1.97. The number of aryl methyl sites for hydroxylation is 1. The van der Waals surface area contributed by atoms with Crippen LogP contribution < -0.4 is 0 Å². The predicted molar refractivity (Wildman–Crippen MR) is 90.0 cm³/mol. The molecule has 0 aliphatic carbocycles. The molecule has 0 saturated carbocycles. The van der Waals surface area contributed by atoms with E-state index in [9.17, 15) is 5.11 Å². The highest BCUT2D eigenvalue weighted by Crippen LogP contribution is 2.26. The molecule has 0 fully saturated rings. The number of thioether (sulfide) groups is 1. The summed E-state index contributed by atoms with van der Waals surface area (Å²) in [6.45, 7) is 0.186. The Morgan fingerprint density at radius 1 is 0.905 bits per heavy atom. The zero-order valence-electron chi connectivity index (χ0n) is 11.9. The smallest absolute Gasteiger partial charge is 0.0485 e. The first-order chi connectivity index (χ1) is 10.4. The highest BCUT2D eigenvalue weighted by molar-refractivity contribution is 7.99. The predicted octanol–water partition coefficient (Wildman–Crippen LogP) is 4.04. The normalized spacial score (nSPS) is 11.1. The number of fused-ring (bicyclic) bond motifs is 1. The first-order valence-corrected chi connectivity index (χ1v) is 8.24. The molecule has 0 unspecified atom stereocenters. The molecule has 0 atom stereocenters. The quantitative estimate of drug-likeness (QED) is 0.674. The number of H-pyrrole nitrogens is 1. The number of para-hydroxylation sites is 1. The Morgan fingerprint density at radius 2 is 1.67 bits per heavy atom. The third kappa shape index (κ3) is 3.31. The van der Waals surface area contributed by atoms with Gasteiger partial charge in [0.2, 0.25) is 0 Å². The van der Waals surface area contributed by atoms with E-state index in [0.29, 0.717) is 6.42 Å². The average molecular weight is 297 g/mol. The molecule has 2 N–H and O–H groups in total. The molecule has 1 heterocycles. The maximum Gasteiger partial charge on any atom is 0.0485 e. The van der Waals surface area contributed by atoms with Gasteiger partial charge in [0.15, 0.2) is 0 Å². The van der Waals surface area contributed by atoms with Crippen molar-refractivity contribution in [2.45, 2.75) is 17.7 Å². The lowest BCUT2D eigenvalue weighted by molar-refractivity contribution is 0.298. The number of nitrogens with one attached hydrogen (secondary N) is 1. The number of hydrogen-bond acceptors (Lipinski definition) is 2. The highest BCUT2D eigenvalue weighted by atomic mass is 32.2. The van der Waals surface area contributed by atoms with E-state index in [1.807, 2.05) is 23.9 Å². The molecule has 2 aromatic carbocycles. The van der Waals surface area contributed by atoms with Crippen molar-refractivity contribution in [2.24, 2.45) is 0 Å². The molecule has 2 nitrogen and oxygen atoms in total. The molecule has 1 aromatic heterocycles. The second-order valence-corrected chi connectivity index (χ2v) is 6.18. The van der Waals surface area contributed by atoms with Gasteiger partial charge in [0.05, 0.1) is 0 Å². The van der Waals surface area contributed by atoms with E-state index in [2.05, 4.69) is 47.4 Å². The van der Waals surface area contributed by atoms with E-state index in [1.165, 1.54) is 27.1 Å².